The smallest absolute Gasteiger partial charge is 0.248 e. The van der Waals surface area contributed by atoms with E-state index in [-0.39, 0.29) is 12.5 Å². The van der Waals surface area contributed by atoms with E-state index in [4.69, 9.17) is 11.6 Å². The highest BCUT2D eigenvalue weighted by molar-refractivity contribution is 6.32. The second-order valence-electron chi connectivity index (χ2n) is 4.65. The second kappa shape index (κ2) is 5.10. The molecule has 1 aliphatic heterocycles. The van der Waals surface area contributed by atoms with Crippen LogP contribution in [0.25, 0.3) is 0 Å². The van der Waals surface area contributed by atoms with Crippen LogP contribution in [0.1, 0.15) is 11.1 Å². The molecule has 2 aromatic rings. The van der Waals surface area contributed by atoms with Crippen LogP contribution in [0.4, 0.5) is 5.69 Å². The Balaban J connectivity index is 2.23. The number of hydrogen-bond donors (Lipinski definition) is 0. The number of benzene rings is 2. The summed E-state index contributed by atoms with van der Waals surface area (Å²) in [6, 6.07) is 15.3. The van der Waals surface area contributed by atoms with Crippen molar-refractivity contribution >= 4 is 28.9 Å². The lowest BCUT2D eigenvalue weighted by molar-refractivity contribution is -0.116. The van der Waals surface area contributed by atoms with Crippen molar-refractivity contribution in [2.45, 2.75) is 0 Å². The molecule has 0 aliphatic carbocycles. The van der Waals surface area contributed by atoms with E-state index in [1.54, 1.807) is 18.0 Å². The van der Waals surface area contributed by atoms with Crippen molar-refractivity contribution in [1.82, 2.24) is 0 Å². The molecule has 4 heteroatoms. The third-order valence-electron chi connectivity index (χ3n) is 3.37. The molecule has 0 bridgehead atoms. The lowest BCUT2D eigenvalue weighted by Gasteiger charge is -2.18. The SMILES string of the molecule is [11CH3]N1C(=O)CN=C(c2ccccc2)c2cc(Cl)ccc21. The molecule has 0 aromatic heterocycles. The Labute approximate surface area is 122 Å². The number of carbonyl (C=O) groups is 1. The van der Waals surface area contributed by atoms with Gasteiger partial charge in [-0.25, -0.2) is 0 Å². The Bertz CT molecular complexity index is 695. The first-order chi connectivity index (χ1) is 9.66. The van der Waals surface area contributed by atoms with E-state index >= 15 is 0 Å². The van der Waals surface area contributed by atoms with Gasteiger partial charge in [0, 0.05) is 23.2 Å². The van der Waals surface area contributed by atoms with Gasteiger partial charge < -0.3 is 4.90 Å². The number of nitrogens with zero attached hydrogens (tertiary/aromatic N) is 2. The van der Waals surface area contributed by atoms with Crippen LogP contribution in [0.3, 0.4) is 0 Å². The Kier molecular flexibility index (Phi) is 3.28. The number of halogens is 1. The van der Waals surface area contributed by atoms with Crippen LogP contribution in [0.2, 0.25) is 5.02 Å². The number of benzodiazepines with no additional fused rings is 1. The van der Waals surface area contributed by atoms with Gasteiger partial charge in [-0.1, -0.05) is 41.9 Å². The van der Waals surface area contributed by atoms with E-state index in [2.05, 4.69) is 4.99 Å². The molecule has 100 valence electrons. The quantitative estimate of drug-likeness (QED) is 0.791. The number of anilines is 1. The summed E-state index contributed by atoms with van der Waals surface area (Å²) in [7, 11) is 1.76. The Morgan fingerprint density at radius 3 is 2.65 bits per heavy atom. The number of rotatable bonds is 1. The summed E-state index contributed by atoms with van der Waals surface area (Å²) < 4.78 is 0. The first-order valence-corrected chi connectivity index (χ1v) is 6.71. The van der Waals surface area contributed by atoms with Crippen molar-refractivity contribution in [3.63, 3.8) is 0 Å². The maximum atomic E-state index is 12.0. The normalized spacial score (nSPS) is 14.6. The number of fused-ring (bicyclic) bond motifs is 1. The van der Waals surface area contributed by atoms with Gasteiger partial charge in [-0.3, -0.25) is 9.79 Å². The molecule has 20 heavy (non-hydrogen) atoms. The Hall–Kier alpha value is -2.13. The highest BCUT2D eigenvalue weighted by atomic mass is 35.5. The highest BCUT2D eigenvalue weighted by Gasteiger charge is 2.22. The minimum Gasteiger partial charge on any atom is -0.313 e. The van der Waals surface area contributed by atoms with Crippen molar-refractivity contribution < 1.29 is 4.79 Å². The molecule has 1 aliphatic rings. The standard InChI is InChI=1S/C16H13ClN2O/c1-19-14-8-7-12(17)9-13(14)16(18-10-15(19)20)11-5-3-2-4-6-11/h2-9H,10H2,1H3/i1-1. The maximum Gasteiger partial charge on any atom is 0.248 e. The Morgan fingerprint density at radius 1 is 1.15 bits per heavy atom. The third kappa shape index (κ3) is 2.21. The number of likely N-dealkylation sites (N-methyl/N-ethyl adjacent to an activating group) is 1. The van der Waals surface area contributed by atoms with Gasteiger partial charge in [-0.2, -0.15) is 0 Å². The summed E-state index contributed by atoms with van der Waals surface area (Å²) in [6.07, 6.45) is 0. The zero-order chi connectivity index (χ0) is 14.1. The van der Waals surface area contributed by atoms with Crippen LogP contribution in [-0.2, 0) is 4.79 Å². The highest BCUT2D eigenvalue weighted by Crippen LogP contribution is 2.28. The lowest BCUT2D eigenvalue weighted by Crippen LogP contribution is -2.27. The van der Waals surface area contributed by atoms with Gasteiger partial charge in [0.15, 0.2) is 0 Å². The molecule has 2 aromatic carbocycles. The zero-order valence-electron chi connectivity index (χ0n) is 11.0. The molecule has 1 heterocycles. The van der Waals surface area contributed by atoms with Crippen molar-refractivity contribution in [2.75, 3.05) is 18.5 Å². The molecule has 1 amide bonds. The first-order valence-electron chi connectivity index (χ1n) is 6.33. The average molecular weight is 284 g/mol. The van der Waals surface area contributed by atoms with Gasteiger partial charge in [0.2, 0.25) is 5.91 Å². The molecule has 0 N–H and O–H groups in total. The van der Waals surface area contributed by atoms with Crippen molar-refractivity contribution in [3.8, 4) is 0 Å². The predicted molar refractivity (Wildman–Crippen MR) is 81.8 cm³/mol. The van der Waals surface area contributed by atoms with Crippen LogP contribution < -0.4 is 4.90 Å². The van der Waals surface area contributed by atoms with Crippen LogP contribution in [0.5, 0.6) is 0 Å². The fourth-order valence-corrected chi connectivity index (χ4v) is 2.48. The molecule has 0 radical (unpaired) electrons. The molecule has 0 fully saturated rings. The fraction of sp³-hybridized carbons (Fsp3) is 0.125. The van der Waals surface area contributed by atoms with E-state index < -0.39 is 0 Å². The molecule has 3 rings (SSSR count). The molecule has 0 saturated carbocycles. The summed E-state index contributed by atoms with van der Waals surface area (Å²) in [5.74, 6) is -0.0282. The van der Waals surface area contributed by atoms with Gasteiger partial charge in [-0.15, -0.1) is 0 Å². The van der Waals surface area contributed by atoms with Crippen LogP contribution in [0, 0.1) is 0 Å². The summed E-state index contributed by atoms with van der Waals surface area (Å²) in [5, 5.41) is 0.634. The summed E-state index contributed by atoms with van der Waals surface area (Å²) >= 11 is 6.11. The van der Waals surface area contributed by atoms with Crippen LogP contribution in [-0.4, -0.2) is 25.2 Å². The second-order valence-corrected chi connectivity index (χ2v) is 5.08. The predicted octanol–water partition coefficient (Wildman–Crippen LogP) is 3.15. The summed E-state index contributed by atoms with van der Waals surface area (Å²) in [4.78, 5) is 18.1. The van der Waals surface area contributed by atoms with Crippen molar-refractivity contribution in [2.24, 2.45) is 4.99 Å². The number of carbonyl (C=O) groups excluding carboxylic acids is 1. The van der Waals surface area contributed by atoms with E-state index in [9.17, 15) is 4.79 Å². The van der Waals surface area contributed by atoms with Crippen LogP contribution in [0.15, 0.2) is 53.5 Å². The number of hydrogen-bond acceptors (Lipinski definition) is 2. The van der Waals surface area contributed by atoms with Gasteiger partial charge in [-0.05, 0) is 18.2 Å². The van der Waals surface area contributed by atoms with Crippen LogP contribution >= 0.6 is 11.6 Å². The number of amides is 1. The van der Waals surface area contributed by atoms with E-state index in [0.717, 1.165) is 22.5 Å². The zero-order valence-corrected chi connectivity index (χ0v) is 11.8. The molecular weight excluding hydrogens is 271 g/mol. The maximum absolute atomic E-state index is 12.0. The molecule has 0 atom stereocenters. The topological polar surface area (TPSA) is 32.7 Å². The van der Waals surface area contributed by atoms with Gasteiger partial charge in [0.25, 0.3) is 0 Å². The fourth-order valence-electron chi connectivity index (χ4n) is 2.31. The number of aliphatic imine (C=N–C) groups is 1. The van der Waals surface area contributed by atoms with Crippen molar-refractivity contribution in [1.29, 1.82) is 0 Å². The molecule has 0 unspecified atom stereocenters. The molecule has 3 nitrogen and oxygen atoms in total. The largest absolute Gasteiger partial charge is 0.313 e. The molecule has 0 saturated heterocycles. The average Bonchev–Trinajstić information content (AvgIpc) is 2.58. The van der Waals surface area contributed by atoms with Gasteiger partial charge in [0.05, 0.1) is 11.4 Å². The molecule has 0 spiro atoms. The summed E-state index contributed by atoms with van der Waals surface area (Å²) in [5.41, 5.74) is 3.51. The van der Waals surface area contributed by atoms with E-state index in [1.165, 1.54) is 0 Å². The lowest BCUT2D eigenvalue weighted by atomic mass is 10.00. The van der Waals surface area contributed by atoms with Crippen molar-refractivity contribution in [3.05, 3.63) is 64.7 Å². The van der Waals surface area contributed by atoms with E-state index in [1.807, 2.05) is 42.5 Å². The molecular formula is C16H13ClN2O. The van der Waals surface area contributed by atoms with E-state index in [0.29, 0.717) is 5.02 Å². The van der Waals surface area contributed by atoms with Gasteiger partial charge in [0.1, 0.15) is 6.54 Å². The summed E-state index contributed by atoms with van der Waals surface area (Å²) in [6.45, 7) is 0.146. The third-order valence-corrected chi connectivity index (χ3v) is 3.60. The van der Waals surface area contributed by atoms with Gasteiger partial charge >= 0.3 is 0 Å². The first kappa shape index (κ1) is 12.9. The minimum atomic E-state index is -0.0282. The monoisotopic (exact) mass is 283 g/mol. The minimum absolute atomic E-state index is 0.0282. The Morgan fingerprint density at radius 2 is 1.90 bits per heavy atom.